The van der Waals surface area contributed by atoms with Crippen LogP contribution in [0.4, 0.5) is 5.69 Å². The number of carbonyl (C=O) groups is 1. The van der Waals surface area contributed by atoms with Gasteiger partial charge >= 0.3 is 0 Å². The van der Waals surface area contributed by atoms with Crippen molar-refractivity contribution in [2.75, 3.05) is 38.2 Å². The van der Waals surface area contributed by atoms with E-state index in [1.54, 1.807) is 7.11 Å². The van der Waals surface area contributed by atoms with Crippen LogP contribution in [0.5, 0.6) is 11.5 Å². The molecular formula is C25H32N2O3. The number of piperazine rings is 1. The summed E-state index contributed by atoms with van der Waals surface area (Å²) in [5, 5.41) is 0. The van der Waals surface area contributed by atoms with Crippen LogP contribution in [0, 0.1) is 0 Å². The lowest BCUT2D eigenvalue weighted by Crippen LogP contribution is -2.52. The molecule has 2 aromatic rings. The molecule has 0 N–H and O–H groups in total. The maximum atomic E-state index is 13.1. The number of hydrogen-bond donors (Lipinski definition) is 0. The number of ether oxygens (including phenoxy) is 2. The van der Waals surface area contributed by atoms with E-state index in [9.17, 15) is 4.79 Å². The Kier molecular flexibility index (Phi) is 6.46. The lowest BCUT2D eigenvalue weighted by Gasteiger charge is -2.37. The van der Waals surface area contributed by atoms with Crippen molar-refractivity contribution >= 4 is 11.6 Å². The highest BCUT2D eigenvalue weighted by Gasteiger charge is 2.28. The van der Waals surface area contributed by atoms with Gasteiger partial charge in [0.15, 0.2) is 6.10 Å². The van der Waals surface area contributed by atoms with E-state index in [1.807, 2.05) is 30.0 Å². The first-order chi connectivity index (χ1) is 14.7. The highest BCUT2D eigenvalue weighted by Crippen LogP contribution is 2.27. The predicted octanol–water partition coefficient (Wildman–Crippen LogP) is 4.08. The average molecular weight is 409 g/mol. The van der Waals surface area contributed by atoms with Crippen molar-refractivity contribution in [2.24, 2.45) is 0 Å². The zero-order chi connectivity index (χ0) is 20.9. The topological polar surface area (TPSA) is 42.0 Å². The maximum Gasteiger partial charge on any atom is 0.263 e. The van der Waals surface area contributed by atoms with Gasteiger partial charge in [-0.15, -0.1) is 0 Å². The molecule has 0 radical (unpaired) electrons. The first-order valence-electron chi connectivity index (χ1n) is 11.1. The summed E-state index contributed by atoms with van der Waals surface area (Å²) < 4.78 is 11.4. The first kappa shape index (κ1) is 20.6. The molecule has 0 bridgehead atoms. The molecule has 1 atom stereocenters. The van der Waals surface area contributed by atoms with E-state index in [4.69, 9.17) is 9.47 Å². The summed E-state index contributed by atoms with van der Waals surface area (Å²) in [7, 11) is 1.68. The summed E-state index contributed by atoms with van der Waals surface area (Å²) in [5.41, 5.74) is 3.98. The van der Waals surface area contributed by atoms with Crippen LogP contribution in [0.15, 0.2) is 42.5 Å². The molecule has 2 aromatic carbocycles. The standard InChI is InChI=1S/C25H32N2O3/c1-3-24(30-23-11-8-19-6-4-5-7-20(19)18-23)25(28)27-16-14-26(15-17-27)21-9-12-22(29-2)13-10-21/h8-13,18,24H,3-7,14-17H2,1-2H3. The molecule has 5 heteroatoms. The molecule has 1 amide bonds. The number of amides is 1. The number of rotatable bonds is 6. The highest BCUT2D eigenvalue weighted by molar-refractivity contribution is 5.81. The van der Waals surface area contributed by atoms with Crippen LogP contribution in [0.3, 0.4) is 0 Å². The fourth-order valence-electron chi connectivity index (χ4n) is 4.44. The summed E-state index contributed by atoms with van der Waals surface area (Å²) in [6, 6.07) is 14.5. The van der Waals surface area contributed by atoms with Gasteiger partial charge in [-0.1, -0.05) is 13.0 Å². The minimum Gasteiger partial charge on any atom is -0.497 e. The molecule has 1 fully saturated rings. The molecule has 0 saturated carbocycles. The van der Waals surface area contributed by atoms with Gasteiger partial charge in [-0.05, 0) is 79.6 Å². The van der Waals surface area contributed by atoms with Crippen LogP contribution in [0.2, 0.25) is 0 Å². The Morgan fingerprint density at radius 2 is 1.60 bits per heavy atom. The number of hydrogen-bond acceptors (Lipinski definition) is 4. The van der Waals surface area contributed by atoms with Crippen molar-refractivity contribution in [1.29, 1.82) is 0 Å². The van der Waals surface area contributed by atoms with Gasteiger partial charge in [0.1, 0.15) is 11.5 Å². The average Bonchev–Trinajstić information content (AvgIpc) is 2.82. The van der Waals surface area contributed by atoms with Gasteiger partial charge in [0, 0.05) is 31.9 Å². The Balaban J connectivity index is 1.35. The third kappa shape index (κ3) is 4.55. The smallest absolute Gasteiger partial charge is 0.263 e. The normalized spacial score (nSPS) is 17.3. The lowest BCUT2D eigenvalue weighted by atomic mass is 9.92. The van der Waals surface area contributed by atoms with Gasteiger partial charge in [-0.3, -0.25) is 4.79 Å². The third-order valence-corrected chi connectivity index (χ3v) is 6.27. The Morgan fingerprint density at radius 3 is 2.27 bits per heavy atom. The molecule has 1 aliphatic carbocycles. The van der Waals surface area contributed by atoms with Crippen LogP contribution < -0.4 is 14.4 Å². The van der Waals surface area contributed by atoms with Crippen LogP contribution in [-0.2, 0) is 17.6 Å². The Bertz CT molecular complexity index is 857. The fourth-order valence-corrected chi connectivity index (χ4v) is 4.44. The lowest BCUT2D eigenvalue weighted by molar-refractivity contribution is -0.139. The number of aryl methyl sites for hydroxylation is 2. The second-order valence-electron chi connectivity index (χ2n) is 8.16. The predicted molar refractivity (Wildman–Crippen MR) is 120 cm³/mol. The number of anilines is 1. The quantitative estimate of drug-likeness (QED) is 0.722. The highest BCUT2D eigenvalue weighted by atomic mass is 16.5. The molecule has 4 rings (SSSR count). The number of methoxy groups -OCH3 is 1. The zero-order valence-corrected chi connectivity index (χ0v) is 18.1. The molecular weight excluding hydrogens is 376 g/mol. The van der Waals surface area contributed by atoms with E-state index in [0.717, 1.165) is 50.5 Å². The number of nitrogens with zero attached hydrogens (tertiary/aromatic N) is 2. The molecule has 5 nitrogen and oxygen atoms in total. The van der Waals surface area contributed by atoms with E-state index in [1.165, 1.54) is 29.7 Å². The monoisotopic (exact) mass is 408 g/mol. The van der Waals surface area contributed by atoms with Crippen LogP contribution in [0.25, 0.3) is 0 Å². The van der Waals surface area contributed by atoms with Gasteiger partial charge in [-0.25, -0.2) is 0 Å². The Morgan fingerprint density at radius 1 is 0.933 bits per heavy atom. The molecule has 160 valence electrons. The van der Waals surface area contributed by atoms with Crippen molar-refractivity contribution in [2.45, 2.75) is 45.1 Å². The second-order valence-corrected chi connectivity index (χ2v) is 8.16. The van der Waals surface area contributed by atoms with Gasteiger partial charge < -0.3 is 19.3 Å². The molecule has 30 heavy (non-hydrogen) atoms. The third-order valence-electron chi connectivity index (χ3n) is 6.27. The van der Waals surface area contributed by atoms with E-state index < -0.39 is 6.10 Å². The molecule has 1 unspecified atom stereocenters. The van der Waals surface area contributed by atoms with Crippen LogP contribution >= 0.6 is 0 Å². The van der Waals surface area contributed by atoms with Gasteiger partial charge in [0.25, 0.3) is 5.91 Å². The van der Waals surface area contributed by atoms with Gasteiger partial charge in [0.2, 0.25) is 0 Å². The van der Waals surface area contributed by atoms with E-state index in [-0.39, 0.29) is 5.91 Å². The van der Waals surface area contributed by atoms with Crippen LogP contribution in [-0.4, -0.2) is 50.2 Å². The SMILES string of the molecule is CCC(Oc1ccc2c(c1)CCCC2)C(=O)N1CCN(c2ccc(OC)cc2)CC1. The fraction of sp³-hybridized carbons (Fsp3) is 0.480. The van der Waals surface area contributed by atoms with Crippen molar-refractivity contribution in [1.82, 2.24) is 4.90 Å². The molecule has 0 spiro atoms. The summed E-state index contributed by atoms with van der Waals surface area (Å²) in [5.74, 6) is 1.79. The minimum atomic E-state index is -0.417. The van der Waals surface area contributed by atoms with Crippen molar-refractivity contribution < 1.29 is 14.3 Å². The number of benzene rings is 2. The van der Waals surface area contributed by atoms with Crippen LogP contribution in [0.1, 0.15) is 37.3 Å². The summed E-state index contributed by atoms with van der Waals surface area (Å²) in [6.07, 6.45) is 5.04. The van der Waals surface area contributed by atoms with Gasteiger partial charge in [-0.2, -0.15) is 0 Å². The second kappa shape index (κ2) is 9.41. The molecule has 1 saturated heterocycles. The molecule has 2 aliphatic rings. The number of carbonyl (C=O) groups excluding carboxylic acids is 1. The van der Waals surface area contributed by atoms with Gasteiger partial charge in [0.05, 0.1) is 7.11 Å². The summed E-state index contributed by atoms with van der Waals surface area (Å²) in [6.45, 7) is 5.11. The summed E-state index contributed by atoms with van der Waals surface area (Å²) in [4.78, 5) is 17.4. The molecule has 1 heterocycles. The maximum absolute atomic E-state index is 13.1. The Hall–Kier alpha value is -2.69. The molecule has 1 aliphatic heterocycles. The van der Waals surface area contributed by atoms with Crippen molar-refractivity contribution in [3.05, 3.63) is 53.6 Å². The first-order valence-corrected chi connectivity index (χ1v) is 11.1. The zero-order valence-electron chi connectivity index (χ0n) is 18.1. The van der Waals surface area contributed by atoms with Crippen molar-refractivity contribution in [3.63, 3.8) is 0 Å². The summed E-state index contributed by atoms with van der Waals surface area (Å²) >= 11 is 0. The largest absolute Gasteiger partial charge is 0.497 e. The van der Waals surface area contributed by atoms with Crippen molar-refractivity contribution in [3.8, 4) is 11.5 Å². The van der Waals surface area contributed by atoms with E-state index in [0.29, 0.717) is 6.42 Å². The Labute approximate surface area is 179 Å². The van der Waals surface area contributed by atoms with E-state index in [2.05, 4.69) is 29.2 Å². The minimum absolute atomic E-state index is 0.101. The van der Waals surface area contributed by atoms with E-state index >= 15 is 0 Å². The number of fused-ring (bicyclic) bond motifs is 1. The molecule has 0 aromatic heterocycles.